The van der Waals surface area contributed by atoms with E-state index in [4.69, 9.17) is 25.8 Å². The molecule has 0 radical (unpaired) electrons. The molecular formula is C20H23ClO3. The molecule has 128 valence electrons. The van der Waals surface area contributed by atoms with Crippen molar-refractivity contribution in [1.82, 2.24) is 0 Å². The lowest BCUT2D eigenvalue weighted by atomic mass is 10.2. The number of methoxy groups -OCH3 is 1. The number of rotatable bonds is 9. The molecule has 0 fully saturated rings. The van der Waals surface area contributed by atoms with Crippen LogP contribution >= 0.6 is 11.6 Å². The first-order valence-corrected chi connectivity index (χ1v) is 8.43. The number of para-hydroxylation sites is 1. The molecule has 0 atom stereocenters. The van der Waals surface area contributed by atoms with Crippen LogP contribution < -0.4 is 14.2 Å². The molecule has 2 rings (SSSR count). The molecule has 0 aliphatic heterocycles. The van der Waals surface area contributed by atoms with Crippen LogP contribution in [0.5, 0.6) is 17.2 Å². The van der Waals surface area contributed by atoms with Crippen LogP contribution in [0, 0.1) is 0 Å². The third kappa shape index (κ3) is 5.50. The van der Waals surface area contributed by atoms with Gasteiger partial charge >= 0.3 is 0 Å². The maximum Gasteiger partial charge on any atom is 0.161 e. The Kier molecular flexibility index (Phi) is 7.50. The summed E-state index contributed by atoms with van der Waals surface area (Å²) in [6, 6.07) is 13.4. The van der Waals surface area contributed by atoms with Gasteiger partial charge in [-0.05, 0) is 49.6 Å². The van der Waals surface area contributed by atoms with E-state index in [1.165, 1.54) is 0 Å². The third-order valence-electron chi connectivity index (χ3n) is 3.44. The summed E-state index contributed by atoms with van der Waals surface area (Å²) in [6.45, 7) is 3.22. The molecule has 0 aliphatic carbocycles. The van der Waals surface area contributed by atoms with Crippen molar-refractivity contribution < 1.29 is 14.2 Å². The van der Waals surface area contributed by atoms with Gasteiger partial charge in [-0.1, -0.05) is 42.0 Å². The van der Waals surface area contributed by atoms with Crippen LogP contribution in [-0.2, 0) is 0 Å². The summed E-state index contributed by atoms with van der Waals surface area (Å²) in [4.78, 5) is 0. The van der Waals surface area contributed by atoms with E-state index in [2.05, 4.69) is 0 Å². The second-order valence-electron chi connectivity index (χ2n) is 5.24. The molecule has 24 heavy (non-hydrogen) atoms. The Bertz CT molecular complexity index is 668. The average Bonchev–Trinajstić information content (AvgIpc) is 2.60. The minimum absolute atomic E-state index is 0.616. The number of unbranched alkanes of at least 4 members (excludes halogenated alkanes) is 1. The molecule has 0 aliphatic rings. The first kappa shape index (κ1) is 18.2. The quantitative estimate of drug-likeness (QED) is 0.551. The van der Waals surface area contributed by atoms with Gasteiger partial charge in [0.1, 0.15) is 5.75 Å². The van der Waals surface area contributed by atoms with Crippen LogP contribution in [0.1, 0.15) is 25.3 Å². The van der Waals surface area contributed by atoms with Crippen LogP contribution in [-0.4, -0.2) is 20.3 Å². The minimum atomic E-state index is 0.616. The molecule has 0 unspecified atom stereocenters. The SMILES string of the molecule is CC=Cc1ccc(OCCCCOc2ccccc2Cl)c(OC)c1. The van der Waals surface area contributed by atoms with E-state index in [1.54, 1.807) is 7.11 Å². The van der Waals surface area contributed by atoms with Gasteiger partial charge in [0.25, 0.3) is 0 Å². The fraction of sp³-hybridized carbons (Fsp3) is 0.300. The summed E-state index contributed by atoms with van der Waals surface area (Å²) in [5.74, 6) is 2.23. The maximum atomic E-state index is 6.04. The number of benzene rings is 2. The van der Waals surface area contributed by atoms with E-state index in [1.807, 2.05) is 61.5 Å². The molecular weight excluding hydrogens is 324 g/mol. The summed E-state index contributed by atoms with van der Waals surface area (Å²) in [7, 11) is 1.65. The zero-order valence-corrected chi connectivity index (χ0v) is 14.9. The predicted octanol–water partition coefficient (Wildman–Crippen LogP) is 5.62. The second kappa shape index (κ2) is 9.89. The van der Waals surface area contributed by atoms with Crippen molar-refractivity contribution in [3.8, 4) is 17.2 Å². The van der Waals surface area contributed by atoms with Crippen molar-refractivity contribution >= 4 is 17.7 Å². The highest BCUT2D eigenvalue weighted by Crippen LogP contribution is 2.29. The molecule has 0 N–H and O–H groups in total. The van der Waals surface area contributed by atoms with E-state index < -0.39 is 0 Å². The Morgan fingerprint density at radius 3 is 2.29 bits per heavy atom. The normalized spacial score (nSPS) is 10.8. The Labute approximate surface area is 148 Å². The number of allylic oxidation sites excluding steroid dienone is 1. The molecule has 0 spiro atoms. The molecule has 0 bridgehead atoms. The van der Waals surface area contributed by atoms with Gasteiger partial charge in [-0.25, -0.2) is 0 Å². The Hall–Kier alpha value is -2.13. The fourth-order valence-electron chi connectivity index (χ4n) is 2.23. The van der Waals surface area contributed by atoms with Crippen molar-refractivity contribution in [2.75, 3.05) is 20.3 Å². The van der Waals surface area contributed by atoms with Crippen molar-refractivity contribution in [2.24, 2.45) is 0 Å². The molecule has 3 nitrogen and oxygen atoms in total. The highest BCUT2D eigenvalue weighted by molar-refractivity contribution is 6.32. The lowest BCUT2D eigenvalue weighted by Gasteiger charge is -2.12. The van der Waals surface area contributed by atoms with E-state index >= 15 is 0 Å². The largest absolute Gasteiger partial charge is 0.493 e. The number of hydrogen-bond donors (Lipinski definition) is 0. The van der Waals surface area contributed by atoms with Crippen LogP contribution in [0.4, 0.5) is 0 Å². The van der Waals surface area contributed by atoms with Crippen LogP contribution in [0.25, 0.3) is 6.08 Å². The summed E-state index contributed by atoms with van der Waals surface area (Å²) < 4.78 is 16.8. The number of halogens is 1. The van der Waals surface area contributed by atoms with Gasteiger partial charge in [0.05, 0.1) is 25.3 Å². The van der Waals surface area contributed by atoms with Gasteiger partial charge in [-0.3, -0.25) is 0 Å². The topological polar surface area (TPSA) is 27.7 Å². The molecule has 2 aromatic carbocycles. The Morgan fingerprint density at radius 2 is 1.62 bits per heavy atom. The second-order valence-corrected chi connectivity index (χ2v) is 5.65. The molecule has 0 aromatic heterocycles. The van der Waals surface area contributed by atoms with Gasteiger partial charge in [0.2, 0.25) is 0 Å². The molecule has 2 aromatic rings. The minimum Gasteiger partial charge on any atom is -0.493 e. The molecule has 0 amide bonds. The zero-order chi connectivity index (χ0) is 17.2. The van der Waals surface area contributed by atoms with Crippen LogP contribution in [0.3, 0.4) is 0 Å². The number of ether oxygens (including phenoxy) is 3. The molecule has 4 heteroatoms. The van der Waals surface area contributed by atoms with E-state index in [9.17, 15) is 0 Å². The van der Waals surface area contributed by atoms with Crippen molar-refractivity contribution in [1.29, 1.82) is 0 Å². The van der Waals surface area contributed by atoms with E-state index in [0.717, 1.165) is 35.7 Å². The molecule has 0 saturated carbocycles. The van der Waals surface area contributed by atoms with Gasteiger partial charge in [-0.2, -0.15) is 0 Å². The highest BCUT2D eigenvalue weighted by Gasteiger charge is 2.05. The lowest BCUT2D eigenvalue weighted by molar-refractivity contribution is 0.258. The first-order valence-electron chi connectivity index (χ1n) is 8.05. The fourth-order valence-corrected chi connectivity index (χ4v) is 2.42. The smallest absolute Gasteiger partial charge is 0.161 e. The van der Waals surface area contributed by atoms with Gasteiger partial charge < -0.3 is 14.2 Å². The predicted molar refractivity (Wildman–Crippen MR) is 99.4 cm³/mol. The monoisotopic (exact) mass is 346 g/mol. The first-order chi connectivity index (χ1) is 11.7. The maximum absolute atomic E-state index is 6.04. The standard InChI is InChI=1S/C20H23ClO3/c1-3-8-16-11-12-19(20(15-16)22-2)24-14-7-6-13-23-18-10-5-4-9-17(18)21/h3-5,8-12,15H,6-7,13-14H2,1-2H3. The van der Waals surface area contributed by atoms with E-state index in [-0.39, 0.29) is 0 Å². The van der Waals surface area contributed by atoms with Crippen molar-refractivity contribution in [2.45, 2.75) is 19.8 Å². The van der Waals surface area contributed by atoms with Gasteiger partial charge in [0, 0.05) is 0 Å². The summed E-state index contributed by atoms with van der Waals surface area (Å²) in [6.07, 6.45) is 5.81. The number of hydrogen-bond acceptors (Lipinski definition) is 3. The summed E-state index contributed by atoms with van der Waals surface area (Å²) in [5, 5.41) is 0.639. The van der Waals surface area contributed by atoms with Crippen molar-refractivity contribution in [3.63, 3.8) is 0 Å². The van der Waals surface area contributed by atoms with Gasteiger partial charge in [0.15, 0.2) is 11.5 Å². The average molecular weight is 347 g/mol. The van der Waals surface area contributed by atoms with Crippen molar-refractivity contribution in [3.05, 3.63) is 59.1 Å². The van der Waals surface area contributed by atoms with Gasteiger partial charge in [-0.15, -0.1) is 0 Å². The zero-order valence-electron chi connectivity index (χ0n) is 14.1. The Morgan fingerprint density at radius 1 is 0.917 bits per heavy atom. The van der Waals surface area contributed by atoms with Crippen LogP contribution in [0.15, 0.2) is 48.5 Å². The lowest BCUT2D eigenvalue weighted by Crippen LogP contribution is -2.03. The molecule has 0 saturated heterocycles. The summed E-state index contributed by atoms with van der Waals surface area (Å²) >= 11 is 6.04. The third-order valence-corrected chi connectivity index (χ3v) is 3.75. The highest BCUT2D eigenvalue weighted by atomic mass is 35.5. The molecule has 0 heterocycles. The van der Waals surface area contributed by atoms with E-state index in [0.29, 0.717) is 18.2 Å². The Balaban J connectivity index is 1.73. The summed E-state index contributed by atoms with van der Waals surface area (Å²) in [5.41, 5.74) is 1.09. The van der Waals surface area contributed by atoms with Crippen LogP contribution in [0.2, 0.25) is 5.02 Å².